The molecule has 2 N–H and O–H groups in total. The van der Waals surface area contributed by atoms with Crippen LogP contribution < -0.4 is 5.73 Å². The molecule has 0 bridgehead atoms. The van der Waals surface area contributed by atoms with E-state index < -0.39 is 5.54 Å². The highest BCUT2D eigenvalue weighted by molar-refractivity contribution is 5.87. The minimum atomic E-state index is -1.02. The standard InChI is InChI=1S/C19H27N5O2/c1-4-16-21-17(26-22-16)14(2)23-10-12-24(13-11-23)18(25)19(3,20)15-8-6-5-7-9-15/h5-9,14H,4,10-13,20H2,1-3H3. The van der Waals surface area contributed by atoms with E-state index in [1.165, 1.54) is 0 Å². The summed E-state index contributed by atoms with van der Waals surface area (Å²) in [5.41, 5.74) is 6.19. The van der Waals surface area contributed by atoms with E-state index in [2.05, 4.69) is 22.0 Å². The quantitative estimate of drug-likeness (QED) is 0.876. The van der Waals surface area contributed by atoms with Crippen molar-refractivity contribution >= 4 is 5.91 Å². The van der Waals surface area contributed by atoms with E-state index in [0.29, 0.717) is 19.0 Å². The first kappa shape index (κ1) is 18.5. The van der Waals surface area contributed by atoms with Gasteiger partial charge in [-0.2, -0.15) is 4.98 Å². The monoisotopic (exact) mass is 357 g/mol. The third kappa shape index (κ3) is 3.64. The molecule has 1 aromatic carbocycles. The lowest BCUT2D eigenvalue weighted by atomic mass is 9.91. The normalized spacial score (nSPS) is 19.2. The Morgan fingerprint density at radius 3 is 2.50 bits per heavy atom. The summed E-state index contributed by atoms with van der Waals surface area (Å²) in [5.74, 6) is 1.32. The number of carbonyl (C=O) groups is 1. The van der Waals surface area contributed by atoms with E-state index in [9.17, 15) is 4.79 Å². The van der Waals surface area contributed by atoms with E-state index in [0.717, 1.165) is 30.9 Å². The van der Waals surface area contributed by atoms with Gasteiger partial charge in [-0.3, -0.25) is 9.69 Å². The topological polar surface area (TPSA) is 88.5 Å². The van der Waals surface area contributed by atoms with Crippen molar-refractivity contribution in [2.45, 2.75) is 38.8 Å². The average Bonchev–Trinajstić information content (AvgIpc) is 3.17. The van der Waals surface area contributed by atoms with Crippen molar-refractivity contribution in [3.63, 3.8) is 0 Å². The van der Waals surface area contributed by atoms with Crippen LogP contribution in [0.1, 0.15) is 44.1 Å². The number of aryl methyl sites for hydroxylation is 1. The zero-order valence-electron chi connectivity index (χ0n) is 15.7. The molecular formula is C19H27N5O2. The SMILES string of the molecule is CCc1noc(C(C)N2CCN(C(=O)C(C)(N)c3ccccc3)CC2)n1. The van der Waals surface area contributed by atoms with Crippen LogP contribution in [0.15, 0.2) is 34.9 Å². The molecule has 26 heavy (non-hydrogen) atoms. The molecule has 3 rings (SSSR count). The molecule has 1 aliphatic rings. The molecule has 2 unspecified atom stereocenters. The van der Waals surface area contributed by atoms with E-state index in [1.807, 2.05) is 42.2 Å². The summed E-state index contributed by atoms with van der Waals surface area (Å²) in [6, 6.07) is 9.57. The van der Waals surface area contributed by atoms with E-state index in [-0.39, 0.29) is 11.9 Å². The van der Waals surface area contributed by atoms with Crippen molar-refractivity contribution in [1.29, 1.82) is 0 Å². The second-order valence-corrected chi connectivity index (χ2v) is 6.97. The van der Waals surface area contributed by atoms with Crippen molar-refractivity contribution in [3.05, 3.63) is 47.6 Å². The molecule has 0 saturated carbocycles. The first-order valence-electron chi connectivity index (χ1n) is 9.13. The maximum Gasteiger partial charge on any atom is 0.247 e. The van der Waals surface area contributed by atoms with Crippen LogP contribution in [-0.4, -0.2) is 52.0 Å². The van der Waals surface area contributed by atoms with Gasteiger partial charge in [0.2, 0.25) is 11.8 Å². The van der Waals surface area contributed by atoms with Crippen molar-refractivity contribution in [3.8, 4) is 0 Å². The van der Waals surface area contributed by atoms with Gasteiger partial charge in [0.25, 0.3) is 0 Å². The fraction of sp³-hybridized carbons (Fsp3) is 0.526. The van der Waals surface area contributed by atoms with Gasteiger partial charge in [0, 0.05) is 32.6 Å². The Kier molecular flexibility index (Phi) is 5.38. The molecule has 140 valence electrons. The molecule has 0 aliphatic carbocycles. The molecule has 7 nitrogen and oxygen atoms in total. The predicted octanol–water partition coefficient (Wildman–Crippen LogP) is 1.71. The number of amides is 1. The van der Waals surface area contributed by atoms with Gasteiger partial charge in [-0.1, -0.05) is 42.4 Å². The summed E-state index contributed by atoms with van der Waals surface area (Å²) in [6.07, 6.45) is 0.757. The van der Waals surface area contributed by atoms with Crippen LogP contribution in [0, 0.1) is 0 Å². The lowest BCUT2D eigenvalue weighted by Crippen LogP contribution is -2.56. The Bertz CT molecular complexity index is 735. The molecule has 1 aromatic heterocycles. The van der Waals surface area contributed by atoms with Gasteiger partial charge >= 0.3 is 0 Å². The number of benzene rings is 1. The van der Waals surface area contributed by atoms with Crippen LogP contribution in [0.2, 0.25) is 0 Å². The number of nitrogens with zero attached hydrogens (tertiary/aromatic N) is 4. The largest absolute Gasteiger partial charge is 0.338 e. The summed E-state index contributed by atoms with van der Waals surface area (Å²) in [6.45, 7) is 8.62. The van der Waals surface area contributed by atoms with Crippen LogP contribution in [0.4, 0.5) is 0 Å². The average molecular weight is 357 g/mol. The molecule has 2 atom stereocenters. The Morgan fingerprint density at radius 1 is 1.27 bits per heavy atom. The molecule has 2 aromatic rings. The van der Waals surface area contributed by atoms with Crippen molar-refractivity contribution < 1.29 is 9.32 Å². The number of hydrogen-bond acceptors (Lipinski definition) is 6. The summed E-state index contributed by atoms with van der Waals surface area (Å²) in [5, 5.41) is 3.97. The fourth-order valence-corrected chi connectivity index (χ4v) is 3.29. The lowest BCUT2D eigenvalue weighted by molar-refractivity contribution is -0.139. The molecular weight excluding hydrogens is 330 g/mol. The van der Waals surface area contributed by atoms with Crippen LogP contribution in [-0.2, 0) is 16.8 Å². The first-order valence-corrected chi connectivity index (χ1v) is 9.13. The minimum Gasteiger partial charge on any atom is -0.338 e. The van der Waals surface area contributed by atoms with Crippen LogP contribution in [0.5, 0.6) is 0 Å². The number of carbonyl (C=O) groups excluding carboxylic acids is 1. The molecule has 1 fully saturated rings. The third-order valence-electron chi connectivity index (χ3n) is 5.12. The molecule has 7 heteroatoms. The van der Waals surface area contributed by atoms with Crippen LogP contribution in [0.25, 0.3) is 0 Å². The zero-order chi connectivity index (χ0) is 18.7. The smallest absolute Gasteiger partial charge is 0.247 e. The molecule has 1 saturated heterocycles. The zero-order valence-corrected chi connectivity index (χ0v) is 15.7. The summed E-state index contributed by atoms with van der Waals surface area (Å²) < 4.78 is 5.35. The Morgan fingerprint density at radius 2 is 1.92 bits per heavy atom. The molecule has 1 aliphatic heterocycles. The fourth-order valence-electron chi connectivity index (χ4n) is 3.29. The Labute approximate surface area is 154 Å². The maximum absolute atomic E-state index is 13.0. The highest BCUT2D eigenvalue weighted by atomic mass is 16.5. The number of rotatable bonds is 5. The van der Waals surface area contributed by atoms with Gasteiger partial charge in [-0.15, -0.1) is 0 Å². The van der Waals surface area contributed by atoms with Crippen molar-refractivity contribution in [2.75, 3.05) is 26.2 Å². The number of piperazine rings is 1. The van der Waals surface area contributed by atoms with Crippen LogP contribution >= 0.6 is 0 Å². The van der Waals surface area contributed by atoms with Gasteiger partial charge < -0.3 is 15.2 Å². The highest BCUT2D eigenvalue weighted by Gasteiger charge is 2.36. The molecule has 2 heterocycles. The van der Waals surface area contributed by atoms with Crippen molar-refractivity contribution in [2.24, 2.45) is 5.73 Å². The summed E-state index contributed by atoms with van der Waals surface area (Å²) >= 11 is 0. The van der Waals surface area contributed by atoms with E-state index in [1.54, 1.807) is 6.92 Å². The van der Waals surface area contributed by atoms with Crippen molar-refractivity contribution in [1.82, 2.24) is 19.9 Å². The second-order valence-electron chi connectivity index (χ2n) is 6.97. The van der Waals surface area contributed by atoms with E-state index in [4.69, 9.17) is 10.3 Å². The van der Waals surface area contributed by atoms with Crippen LogP contribution in [0.3, 0.4) is 0 Å². The van der Waals surface area contributed by atoms with E-state index >= 15 is 0 Å². The number of aromatic nitrogens is 2. The first-order chi connectivity index (χ1) is 12.4. The molecule has 0 spiro atoms. The van der Waals surface area contributed by atoms with Gasteiger partial charge in [-0.25, -0.2) is 0 Å². The highest BCUT2D eigenvalue weighted by Crippen LogP contribution is 2.24. The summed E-state index contributed by atoms with van der Waals surface area (Å²) in [7, 11) is 0. The number of nitrogens with two attached hydrogens (primary N) is 1. The van der Waals surface area contributed by atoms with Gasteiger partial charge in [0.05, 0.1) is 6.04 Å². The third-order valence-corrected chi connectivity index (χ3v) is 5.12. The molecule has 1 amide bonds. The van der Waals surface area contributed by atoms with Gasteiger partial charge in [0.15, 0.2) is 5.82 Å². The minimum absolute atomic E-state index is 0.0398. The van der Waals surface area contributed by atoms with Gasteiger partial charge in [-0.05, 0) is 19.4 Å². The summed E-state index contributed by atoms with van der Waals surface area (Å²) in [4.78, 5) is 21.5. The Balaban J connectivity index is 1.62. The molecule has 0 radical (unpaired) electrons. The maximum atomic E-state index is 13.0. The van der Waals surface area contributed by atoms with Gasteiger partial charge in [0.1, 0.15) is 5.54 Å². The Hall–Kier alpha value is -2.25. The predicted molar refractivity (Wildman–Crippen MR) is 98.2 cm³/mol. The number of hydrogen-bond donors (Lipinski definition) is 1. The second kappa shape index (κ2) is 7.55. The lowest BCUT2D eigenvalue weighted by Gasteiger charge is -2.40.